The molecule has 4 heteroatoms. The molecule has 1 amide bonds. The van der Waals surface area contributed by atoms with Crippen LogP contribution in [0.3, 0.4) is 0 Å². The Kier molecular flexibility index (Phi) is 4.65. The fourth-order valence-corrected chi connectivity index (χ4v) is 4.08. The van der Waals surface area contributed by atoms with E-state index < -0.39 is 5.60 Å². The van der Waals surface area contributed by atoms with E-state index >= 15 is 0 Å². The number of fused-ring (bicyclic) bond motifs is 1. The smallest absolute Gasteiger partial charge is 0.258 e. The number of para-hydroxylation sites is 1. The van der Waals surface area contributed by atoms with Crippen LogP contribution >= 0.6 is 0 Å². The largest absolute Gasteiger partial charge is 0.497 e. The lowest BCUT2D eigenvalue weighted by molar-refractivity contribution is 0.0563. The van der Waals surface area contributed by atoms with Crippen molar-refractivity contribution in [2.45, 2.75) is 25.0 Å². The zero-order valence-corrected chi connectivity index (χ0v) is 16.0. The van der Waals surface area contributed by atoms with Gasteiger partial charge in [-0.3, -0.25) is 4.79 Å². The number of carbonyl (C=O) groups is 1. The van der Waals surface area contributed by atoms with Gasteiger partial charge in [0.2, 0.25) is 0 Å². The molecular weight excluding hydrogens is 350 g/mol. The summed E-state index contributed by atoms with van der Waals surface area (Å²) in [5, 5.41) is 11.8. The van der Waals surface area contributed by atoms with Crippen LogP contribution in [0.2, 0.25) is 0 Å². The van der Waals surface area contributed by atoms with Crippen molar-refractivity contribution in [1.29, 1.82) is 0 Å². The van der Waals surface area contributed by atoms with E-state index in [1.165, 1.54) is 0 Å². The minimum Gasteiger partial charge on any atom is -0.497 e. The van der Waals surface area contributed by atoms with Gasteiger partial charge >= 0.3 is 0 Å². The van der Waals surface area contributed by atoms with Crippen LogP contribution in [0.25, 0.3) is 0 Å². The van der Waals surface area contributed by atoms with Gasteiger partial charge in [-0.05, 0) is 42.8 Å². The SMILES string of the molecule is COc1cccc(C2(O)CC(C)N(C(=O)c3ccccc3)c3ccccc32)c1. The third-order valence-corrected chi connectivity index (χ3v) is 5.43. The van der Waals surface area contributed by atoms with Crippen molar-refractivity contribution in [1.82, 2.24) is 0 Å². The first kappa shape index (κ1) is 18.3. The summed E-state index contributed by atoms with van der Waals surface area (Å²) in [6, 6.07) is 24.2. The molecule has 0 fully saturated rings. The Morgan fingerprint density at radius 1 is 1.04 bits per heavy atom. The summed E-state index contributed by atoms with van der Waals surface area (Å²) < 4.78 is 5.35. The average Bonchev–Trinajstić information content (AvgIpc) is 2.74. The minimum absolute atomic E-state index is 0.0618. The van der Waals surface area contributed by atoms with Gasteiger partial charge in [0.1, 0.15) is 11.4 Å². The second-order valence-corrected chi connectivity index (χ2v) is 7.20. The summed E-state index contributed by atoms with van der Waals surface area (Å²) in [5.41, 5.74) is 1.66. The van der Waals surface area contributed by atoms with Crippen LogP contribution in [-0.4, -0.2) is 24.2 Å². The number of anilines is 1. The number of ether oxygens (including phenoxy) is 1. The third-order valence-electron chi connectivity index (χ3n) is 5.43. The highest BCUT2D eigenvalue weighted by atomic mass is 16.5. The molecule has 0 aromatic heterocycles. The lowest BCUT2D eigenvalue weighted by Gasteiger charge is -2.44. The van der Waals surface area contributed by atoms with Gasteiger partial charge in [0.15, 0.2) is 0 Å². The summed E-state index contributed by atoms with van der Waals surface area (Å²) in [4.78, 5) is 15.0. The predicted molar refractivity (Wildman–Crippen MR) is 110 cm³/mol. The molecule has 0 bridgehead atoms. The van der Waals surface area contributed by atoms with E-state index in [0.717, 1.165) is 16.8 Å². The molecule has 0 spiro atoms. The monoisotopic (exact) mass is 373 g/mol. The predicted octanol–water partition coefficient (Wildman–Crippen LogP) is 4.37. The number of hydrogen-bond acceptors (Lipinski definition) is 3. The summed E-state index contributed by atoms with van der Waals surface area (Å²) in [6.45, 7) is 1.97. The molecule has 1 heterocycles. The van der Waals surface area contributed by atoms with E-state index in [9.17, 15) is 9.90 Å². The normalized spacial score (nSPS) is 21.1. The second-order valence-electron chi connectivity index (χ2n) is 7.20. The maximum Gasteiger partial charge on any atom is 0.258 e. The molecule has 1 aliphatic rings. The topological polar surface area (TPSA) is 49.8 Å². The lowest BCUT2D eigenvalue weighted by atomic mass is 9.77. The van der Waals surface area contributed by atoms with Crippen molar-refractivity contribution in [3.05, 3.63) is 95.6 Å². The van der Waals surface area contributed by atoms with Crippen LogP contribution in [0, 0.1) is 0 Å². The van der Waals surface area contributed by atoms with E-state index in [1.807, 2.05) is 85.8 Å². The van der Waals surface area contributed by atoms with Gasteiger partial charge in [0.25, 0.3) is 5.91 Å². The van der Waals surface area contributed by atoms with Gasteiger partial charge in [0, 0.05) is 23.6 Å². The molecule has 0 saturated heterocycles. The zero-order valence-electron chi connectivity index (χ0n) is 16.0. The molecule has 3 aromatic carbocycles. The first-order chi connectivity index (χ1) is 13.5. The number of hydrogen-bond donors (Lipinski definition) is 1. The Balaban J connectivity index is 1.84. The Bertz CT molecular complexity index is 1000. The molecule has 28 heavy (non-hydrogen) atoms. The van der Waals surface area contributed by atoms with E-state index in [1.54, 1.807) is 12.0 Å². The van der Waals surface area contributed by atoms with Crippen LogP contribution < -0.4 is 9.64 Å². The molecule has 2 atom stereocenters. The molecule has 4 nitrogen and oxygen atoms in total. The average molecular weight is 373 g/mol. The van der Waals surface area contributed by atoms with Crippen molar-refractivity contribution in [2.24, 2.45) is 0 Å². The third kappa shape index (κ3) is 2.96. The quantitative estimate of drug-likeness (QED) is 0.742. The van der Waals surface area contributed by atoms with Gasteiger partial charge in [0.05, 0.1) is 12.8 Å². The fourth-order valence-electron chi connectivity index (χ4n) is 4.08. The molecule has 1 aliphatic heterocycles. The molecule has 2 unspecified atom stereocenters. The van der Waals surface area contributed by atoms with Gasteiger partial charge in [-0.15, -0.1) is 0 Å². The Morgan fingerprint density at radius 3 is 2.50 bits per heavy atom. The zero-order chi connectivity index (χ0) is 19.7. The van der Waals surface area contributed by atoms with E-state index in [0.29, 0.717) is 17.7 Å². The molecule has 1 N–H and O–H groups in total. The fraction of sp³-hybridized carbons (Fsp3) is 0.208. The molecule has 3 aromatic rings. The van der Waals surface area contributed by atoms with E-state index in [-0.39, 0.29) is 11.9 Å². The highest BCUT2D eigenvalue weighted by Gasteiger charge is 2.44. The minimum atomic E-state index is -1.20. The van der Waals surface area contributed by atoms with Crippen molar-refractivity contribution in [3.8, 4) is 5.75 Å². The maximum atomic E-state index is 13.2. The van der Waals surface area contributed by atoms with Crippen molar-refractivity contribution >= 4 is 11.6 Å². The first-order valence-corrected chi connectivity index (χ1v) is 9.39. The first-order valence-electron chi connectivity index (χ1n) is 9.39. The van der Waals surface area contributed by atoms with Crippen LogP contribution in [0.15, 0.2) is 78.9 Å². The molecule has 0 radical (unpaired) electrons. The summed E-state index contributed by atoms with van der Waals surface area (Å²) in [6.07, 6.45) is 0.399. The number of amides is 1. The highest BCUT2D eigenvalue weighted by molar-refractivity contribution is 6.07. The maximum absolute atomic E-state index is 13.2. The molecule has 4 rings (SSSR count). The molecule has 0 saturated carbocycles. The van der Waals surface area contributed by atoms with Crippen LogP contribution in [0.4, 0.5) is 5.69 Å². The number of methoxy groups -OCH3 is 1. The van der Waals surface area contributed by atoms with Gasteiger partial charge in [-0.2, -0.15) is 0 Å². The Hall–Kier alpha value is -3.11. The lowest BCUT2D eigenvalue weighted by Crippen LogP contribution is -2.49. The molecule has 0 aliphatic carbocycles. The van der Waals surface area contributed by atoms with E-state index in [2.05, 4.69) is 0 Å². The van der Waals surface area contributed by atoms with E-state index in [4.69, 9.17) is 4.74 Å². The number of rotatable bonds is 3. The second kappa shape index (κ2) is 7.13. The van der Waals surface area contributed by atoms with Gasteiger partial charge in [-0.1, -0.05) is 48.5 Å². The number of aliphatic hydroxyl groups is 1. The number of nitrogens with zero attached hydrogens (tertiary/aromatic N) is 1. The molecular formula is C24H23NO3. The van der Waals surface area contributed by atoms with Crippen molar-refractivity contribution < 1.29 is 14.6 Å². The van der Waals surface area contributed by atoms with Crippen LogP contribution in [-0.2, 0) is 5.60 Å². The van der Waals surface area contributed by atoms with Crippen molar-refractivity contribution in [3.63, 3.8) is 0 Å². The standard InChI is InChI=1S/C24H23NO3/c1-17-16-24(27,19-11-8-12-20(15-19)28-2)21-13-6-7-14-22(21)25(17)23(26)18-9-4-3-5-10-18/h3-15,17,27H,16H2,1-2H3. The number of benzene rings is 3. The summed E-state index contributed by atoms with van der Waals surface area (Å²) in [5.74, 6) is 0.632. The van der Waals surface area contributed by atoms with Crippen LogP contribution in [0.5, 0.6) is 5.75 Å². The van der Waals surface area contributed by atoms with Gasteiger partial charge < -0.3 is 14.7 Å². The van der Waals surface area contributed by atoms with Crippen LogP contribution in [0.1, 0.15) is 34.8 Å². The highest BCUT2D eigenvalue weighted by Crippen LogP contribution is 2.46. The summed E-state index contributed by atoms with van der Waals surface area (Å²) in [7, 11) is 1.61. The van der Waals surface area contributed by atoms with Gasteiger partial charge in [-0.25, -0.2) is 0 Å². The Morgan fingerprint density at radius 2 is 1.75 bits per heavy atom. The Labute approximate surface area is 165 Å². The van der Waals surface area contributed by atoms with Crippen molar-refractivity contribution in [2.75, 3.05) is 12.0 Å². The summed E-state index contributed by atoms with van der Waals surface area (Å²) >= 11 is 0. The number of carbonyl (C=O) groups excluding carboxylic acids is 1. The molecule has 142 valence electrons.